The van der Waals surface area contributed by atoms with Crippen LogP contribution in [0.25, 0.3) is 5.69 Å². The van der Waals surface area contributed by atoms with Gasteiger partial charge in [0.1, 0.15) is 0 Å². The van der Waals surface area contributed by atoms with Crippen LogP contribution in [0.2, 0.25) is 5.02 Å². The van der Waals surface area contributed by atoms with Crippen molar-refractivity contribution in [3.63, 3.8) is 0 Å². The quantitative estimate of drug-likeness (QED) is 0.621. The van der Waals surface area contributed by atoms with Gasteiger partial charge in [0.2, 0.25) is 0 Å². The highest BCUT2D eigenvalue weighted by molar-refractivity contribution is 6.32. The van der Waals surface area contributed by atoms with Gasteiger partial charge >= 0.3 is 5.97 Å². The van der Waals surface area contributed by atoms with Crippen LogP contribution in [-0.2, 0) is 4.74 Å². The third-order valence-corrected chi connectivity index (χ3v) is 5.09. The Morgan fingerprint density at radius 3 is 2.74 bits per heavy atom. The number of rotatable bonds is 5. The van der Waals surface area contributed by atoms with Gasteiger partial charge in [0.15, 0.2) is 0 Å². The molecule has 0 radical (unpaired) electrons. The summed E-state index contributed by atoms with van der Waals surface area (Å²) < 4.78 is 7.11. The lowest BCUT2D eigenvalue weighted by Gasteiger charge is -2.18. The molecule has 2 aromatic carbocycles. The van der Waals surface area contributed by atoms with E-state index in [1.165, 1.54) is 11.9 Å². The van der Waals surface area contributed by atoms with E-state index < -0.39 is 0 Å². The van der Waals surface area contributed by atoms with Crippen molar-refractivity contribution < 1.29 is 9.53 Å². The number of carbonyl (C=O) groups is 1. The normalized spacial score (nSPS) is 16.5. The largest absolute Gasteiger partial charge is 0.462 e. The molecule has 1 aromatic heterocycles. The van der Waals surface area contributed by atoms with Crippen LogP contribution in [0.5, 0.6) is 0 Å². The van der Waals surface area contributed by atoms with Crippen LogP contribution < -0.4 is 4.90 Å². The van der Waals surface area contributed by atoms with Crippen molar-refractivity contribution in [2.75, 3.05) is 24.6 Å². The van der Waals surface area contributed by atoms with Gasteiger partial charge in [0.25, 0.3) is 0 Å². The Kier molecular flexibility index (Phi) is 5.12. The van der Waals surface area contributed by atoms with E-state index in [-0.39, 0.29) is 5.97 Å². The SMILES string of the molecule is O=C(OC[C@H]1CCN(c2ccccc2)C1)c1cnn(-c2ccccc2Cl)c1. The first-order chi connectivity index (χ1) is 13.2. The van der Waals surface area contributed by atoms with Crippen LogP contribution in [0, 0.1) is 5.92 Å². The molecule has 1 atom stereocenters. The lowest BCUT2D eigenvalue weighted by atomic mass is 10.1. The molecule has 4 rings (SSSR count). The first-order valence-corrected chi connectivity index (χ1v) is 9.35. The van der Waals surface area contributed by atoms with Crippen molar-refractivity contribution in [3.8, 4) is 5.69 Å². The van der Waals surface area contributed by atoms with E-state index in [1.807, 2.05) is 36.4 Å². The van der Waals surface area contributed by atoms with Gasteiger partial charge in [0, 0.05) is 30.9 Å². The number of hydrogen-bond donors (Lipinski definition) is 0. The molecule has 0 spiro atoms. The molecule has 0 N–H and O–H groups in total. The van der Waals surface area contributed by atoms with Gasteiger partial charge in [-0.15, -0.1) is 0 Å². The molecule has 0 unspecified atom stereocenters. The Labute approximate surface area is 163 Å². The van der Waals surface area contributed by atoms with Gasteiger partial charge in [-0.25, -0.2) is 9.48 Å². The van der Waals surface area contributed by atoms with Crippen molar-refractivity contribution in [1.82, 2.24) is 9.78 Å². The van der Waals surface area contributed by atoms with Crippen LogP contribution in [0.15, 0.2) is 67.0 Å². The van der Waals surface area contributed by atoms with E-state index in [4.69, 9.17) is 16.3 Å². The number of esters is 1. The maximum Gasteiger partial charge on any atom is 0.341 e. The van der Waals surface area contributed by atoms with E-state index in [0.717, 1.165) is 25.2 Å². The molecule has 0 aliphatic carbocycles. The second-order valence-electron chi connectivity index (χ2n) is 6.66. The molecular formula is C21H20ClN3O2. The van der Waals surface area contributed by atoms with E-state index in [9.17, 15) is 4.79 Å². The Bertz CT molecular complexity index is 926. The topological polar surface area (TPSA) is 47.4 Å². The van der Waals surface area contributed by atoms with Crippen LogP contribution in [0.3, 0.4) is 0 Å². The fourth-order valence-corrected chi connectivity index (χ4v) is 3.54. The van der Waals surface area contributed by atoms with Crippen molar-refractivity contribution in [2.45, 2.75) is 6.42 Å². The summed E-state index contributed by atoms with van der Waals surface area (Å²) in [5.74, 6) is -0.0146. The molecule has 3 aromatic rings. The average molecular weight is 382 g/mol. The van der Waals surface area contributed by atoms with E-state index in [2.05, 4.69) is 22.1 Å². The van der Waals surface area contributed by atoms with Gasteiger partial charge < -0.3 is 9.64 Å². The Morgan fingerprint density at radius 1 is 1.15 bits per heavy atom. The molecule has 27 heavy (non-hydrogen) atoms. The molecule has 0 bridgehead atoms. The number of carbonyl (C=O) groups excluding carboxylic acids is 1. The molecule has 1 aliphatic heterocycles. The summed E-state index contributed by atoms with van der Waals surface area (Å²) in [6.45, 7) is 2.30. The van der Waals surface area contributed by atoms with Crippen LogP contribution in [0.4, 0.5) is 5.69 Å². The summed E-state index contributed by atoms with van der Waals surface area (Å²) in [6, 6.07) is 17.7. The predicted molar refractivity (Wildman–Crippen MR) is 106 cm³/mol. The fraction of sp³-hybridized carbons (Fsp3) is 0.238. The molecule has 6 heteroatoms. The lowest BCUT2D eigenvalue weighted by molar-refractivity contribution is 0.0451. The number of ether oxygens (including phenoxy) is 1. The minimum absolute atomic E-state index is 0.341. The summed E-state index contributed by atoms with van der Waals surface area (Å²) >= 11 is 6.18. The van der Waals surface area contributed by atoms with Crippen molar-refractivity contribution in [1.29, 1.82) is 0 Å². The smallest absolute Gasteiger partial charge is 0.341 e. The maximum absolute atomic E-state index is 12.4. The minimum atomic E-state index is -0.355. The zero-order valence-electron chi connectivity index (χ0n) is 14.8. The zero-order chi connectivity index (χ0) is 18.6. The molecule has 1 saturated heterocycles. The Hall–Kier alpha value is -2.79. The molecular weight excluding hydrogens is 362 g/mol. The molecule has 2 heterocycles. The molecule has 1 fully saturated rings. The summed E-state index contributed by atoms with van der Waals surface area (Å²) in [5.41, 5.74) is 2.37. The third-order valence-electron chi connectivity index (χ3n) is 4.77. The highest BCUT2D eigenvalue weighted by atomic mass is 35.5. The summed E-state index contributed by atoms with van der Waals surface area (Å²) in [4.78, 5) is 14.7. The molecule has 0 saturated carbocycles. The Balaban J connectivity index is 1.33. The maximum atomic E-state index is 12.4. The summed E-state index contributed by atoms with van der Waals surface area (Å²) in [5, 5.41) is 4.80. The van der Waals surface area contributed by atoms with Crippen LogP contribution in [-0.4, -0.2) is 35.4 Å². The summed E-state index contributed by atoms with van der Waals surface area (Å²) in [7, 11) is 0. The number of nitrogens with zero attached hydrogens (tertiary/aromatic N) is 3. The second-order valence-corrected chi connectivity index (χ2v) is 7.07. The number of aromatic nitrogens is 2. The van der Waals surface area contributed by atoms with Gasteiger partial charge in [-0.1, -0.05) is 41.9 Å². The Morgan fingerprint density at radius 2 is 1.93 bits per heavy atom. The highest BCUT2D eigenvalue weighted by Crippen LogP contribution is 2.24. The lowest BCUT2D eigenvalue weighted by Crippen LogP contribution is -2.21. The van der Waals surface area contributed by atoms with Crippen molar-refractivity contribution in [3.05, 3.63) is 77.6 Å². The summed E-state index contributed by atoms with van der Waals surface area (Å²) in [6.07, 6.45) is 4.17. The standard InChI is InChI=1S/C21H20ClN3O2/c22-19-8-4-5-9-20(19)25-14-17(12-23-25)21(26)27-15-16-10-11-24(13-16)18-6-2-1-3-7-18/h1-9,12,14,16H,10-11,13,15H2/t16-/m0/s1. The second kappa shape index (κ2) is 7.84. The van der Waals surface area contributed by atoms with E-state index >= 15 is 0 Å². The van der Waals surface area contributed by atoms with Gasteiger partial charge in [0.05, 0.1) is 29.1 Å². The predicted octanol–water partition coefficient (Wildman–Crippen LogP) is 4.21. The molecule has 138 valence electrons. The minimum Gasteiger partial charge on any atom is -0.462 e. The van der Waals surface area contributed by atoms with Crippen molar-refractivity contribution in [2.24, 2.45) is 5.92 Å². The molecule has 5 nitrogen and oxygen atoms in total. The molecule has 1 aliphatic rings. The average Bonchev–Trinajstić information content (AvgIpc) is 3.37. The molecule has 0 amide bonds. The number of benzene rings is 2. The monoisotopic (exact) mass is 381 g/mol. The number of para-hydroxylation sites is 2. The van der Waals surface area contributed by atoms with Crippen LogP contribution >= 0.6 is 11.6 Å². The first-order valence-electron chi connectivity index (χ1n) is 8.97. The number of hydrogen-bond acceptors (Lipinski definition) is 4. The van der Waals surface area contributed by atoms with Gasteiger partial charge in [-0.2, -0.15) is 5.10 Å². The van der Waals surface area contributed by atoms with Crippen LogP contribution in [0.1, 0.15) is 16.8 Å². The number of anilines is 1. The number of halogens is 1. The van der Waals surface area contributed by atoms with E-state index in [0.29, 0.717) is 23.1 Å². The fourth-order valence-electron chi connectivity index (χ4n) is 3.32. The highest BCUT2D eigenvalue weighted by Gasteiger charge is 2.24. The van der Waals surface area contributed by atoms with Gasteiger partial charge in [-0.05, 0) is 30.7 Å². The zero-order valence-corrected chi connectivity index (χ0v) is 15.5. The van der Waals surface area contributed by atoms with Crippen molar-refractivity contribution >= 4 is 23.3 Å². The first kappa shape index (κ1) is 17.6. The third kappa shape index (κ3) is 3.98. The van der Waals surface area contributed by atoms with Gasteiger partial charge in [-0.3, -0.25) is 0 Å². The van der Waals surface area contributed by atoms with E-state index in [1.54, 1.807) is 16.9 Å².